The second-order valence-corrected chi connectivity index (χ2v) is 5.47. The SMILES string of the molecule is Cc1cnc2c(c1)nc(-c1ccc(C)c(C)c1)n2CCO. The van der Waals surface area contributed by atoms with Crippen LogP contribution in [0, 0.1) is 20.8 Å². The minimum Gasteiger partial charge on any atom is -0.395 e. The van der Waals surface area contributed by atoms with E-state index in [0.717, 1.165) is 28.1 Å². The van der Waals surface area contributed by atoms with E-state index in [9.17, 15) is 5.11 Å². The summed E-state index contributed by atoms with van der Waals surface area (Å²) in [6, 6.07) is 8.34. The molecule has 2 aromatic heterocycles. The Morgan fingerprint density at radius 2 is 1.90 bits per heavy atom. The highest BCUT2D eigenvalue weighted by molar-refractivity contribution is 5.77. The molecule has 0 saturated carbocycles. The number of pyridine rings is 1. The lowest BCUT2D eigenvalue weighted by atomic mass is 10.1. The van der Waals surface area contributed by atoms with Crippen LogP contribution in [0.25, 0.3) is 22.6 Å². The molecule has 3 rings (SSSR count). The minimum atomic E-state index is 0.0683. The highest BCUT2D eigenvalue weighted by Gasteiger charge is 2.14. The zero-order chi connectivity index (χ0) is 15.0. The molecular weight excluding hydrogens is 262 g/mol. The summed E-state index contributed by atoms with van der Waals surface area (Å²) >= 11 is 0. The fourth-order valence-electron chi connectivity index (χ4n) is 2.52. The van der Waals surface area contributed by atoms with Crippen LogP contribution in [-0.4, -0.2) is 26.2 Å². The van der Waals surface area contributed by atoms with Crippen molar-refractivity contribution in [2.24, 2.45) is 0 Å². The number of imidazole rings is 1. The summed E-state index contributed by atoms with van der Waals surface area (Å²) in [5.74, 6) is 0.861. The monoisotopic (exact) mass is 281 g/mol. The van der Waals surface area contributed by atoms with E-state index in [2.05, 4.69) is 37.0 Å². The molecule has 0 aliphatic rings. The molecule has 4 nitrogen and oxygen atoms in total. The number of aliphatic hydroxyl groups excluding tert-OH is 1. The Hall–Kier alpha value is -2.20. The first-order valence-electron chi connectivity index (χ1n) is 7.11. The smallest absolute Gasteiger partial charge is 0.160 e. The first kappa shape index (κ1) is 13.8. The summed E-state index contributed by atoms with van der Waals surface area (Å²) in [6.07, 6.45) is 1.84. The lowest BCUT2D eigenvalue weighted by Gasteiger charge is -2.08. The van der Waals surface area contributed by atoms with Gasteiger partial charge in [0.05, 0.1) is 6.61 Å². The molecule has 0 bridgehead atoms. The minimum absolute atomic E-state index is 0.0683. The van der Waals surface area contributed by atoms with Crippen molar-refractivity contribution in [3.8, 4) is 11.4 Å². The standard InChI is InChI=1S/C17H19N3O/c1-11-8-15-17(18-10-11)20(6-7-21)16(19-15)14-5-4-12(2)13(3)9-14/h4-5,8-10,21H,6-7H2,1-3H3. The normalized spacial score (nSPS) is 11.2. The first-order valence-corrected chi connectivity index (χ1v) is 7.11. The molecule has 2 heterocycles. The van der Waals surface area contributed by atoms with E-state index in [1.165, 1.54) is 11.1 Å². The van der Waals surface area contributed by atoms with E-state index >= 15 is 0 Å². The van der Waals surface area contributed by atoms with Gasteiger partial charge < -0.3 is 9.67 Å². The largest absolute Gasteiger partial charge is 0.395 e. The number of rotatable bonds is 3. The number of hydrogen-bond acceptors (Lipinski definition) is 3. The van der Waals surface area contributed by atoms with Crippen molar-refractivity contribution in [2.45, 2.75) is 27.3 Å². The third kappa shape index (κ3) is 2.43. The molecule has 0 aliphatic carbocycles. The maximum absolute atomic E-state index is 9.35. The molecule has 1 aromatic carbocycles. The summed E-state index contributed by atoms with van der Waals surface area (Å²) in [7, 11) is 0. The molecule has 0 spiro atoms. The molecular formula is C17H19N3O. The van der Waals surface area contributed by atoms with Gasteiger partial charge in [0, 0.05) is 18.3 Å². The number of aromatic nitrogens is 3. The summed E-state index contributed by atoms with van der Waals surface area (Å²) in [5.41, 5.74) is 6.33. The molecule has 0 atom stereocenters. The molecule has 4 heteroatoms. The van der Waals surface area contributed by atoms with Gasteiger partial charge >= 0.3 is 0 Å². The molecule has 0 amide bonds. The zero-order valence-corrected chi connectivity index (χ0v) is 12.6. The molecule has 0 aliphatic heterocycles. The number of aryl methyl sites for hydroxylation is 3. The molecule has 1 N–H and O–H groups in total. The lowest BCUT2D eigenvalue weighted by Crippen LogP contribution is -2.05. The van der Waals surface area contributed by atoms with Gasteiger partial charge in [-0.05, 0) is 49.6 Å². The van der Waals surface area contributed by atoms with E-state index in [1.54, 1.807) is 0 Å². The van der Waals surface area contributed by atoms with Crippen molar-refractivity contribution >= 4 is 11.2 Å². The molecule has 0 saturated heterocycles. The summed E-state index contributed by atoms with van der Waals surface area (Å²) < 4.78 is 1.98. The van der Waals surface area contributed by atoms with Crippen molar-refractivity contribution < 1.29 is 5.11 Å². The van der Waals surface area contributed by atoms with E-state index < -0.39 is 0 Å². The number of nitrogens with zero attached hydrogens (tertiary/aromatic N) is 3. The second-order valence-electron chi connectivity index (χ2n) is 5.47. The van der Waals surface area contributed by atoms with Gasteiger partial charge in [0.1, 0.15) is 11.3 Å². The summed E-state index contributed by atoms with van der Waals surface area (Å²) in [5, 5.41) is 9.35. The number of hydrogen-bond donors (Lipinski definition) is 1. The Labute approximate surface area is 124 Å². The van der Waals surface area contributed by atoms with Crippen LogP contribution >= 0.6 is 0 Å². The predicted octanol–water partition coefficient (Wildman–Crippen LogP) is 3.02. The van der Waals surface area contributed by atoms with Crippen molar-refractivity contribution in [1.82, 2.24) is 14.5 Å². The van der Waals surface area contributed by atoms with Crippen LogP contribution in [0.5, 0.6) is 0 Å². The van der Waals surface area contributed by atoms with Crippen LogP contribution in [0.4, 0.5) is 0 Å². The van der Waals surface area contributed by atoms with E-state index in [0.29, 0.717) is 6.54 Å². The number of benzene rings is 1. The van der Waals surface area contributed by atoms with E-state index in [-0.39, 0.29) is 6.61 Å². The van der Waals surface area contributed by atoms with Crippen LogP contribution in [0.15, 0.2) is 30.5 Å². The van der Waals surface area contributed by atoms with Gasteiger partial charge in [0.15, 0.2) is 5.65 Å². The van der Waals surface area contributed by atoms with E-state index in [4.69, 9.17) is 4.98 Å². The van der Waals surface area contributed by atoms with E-state index in [1.807, 2.05) is 23.8 Å². The Balaban J connectivity index is 2.24. The summed E-state index contributed by atoms with van der Waals surface area (Å²) in [4.78, 5) is 9.20. The van der Waals surface area contributed by atoms with Gasteiger partial charge in [-0.25, -0.2) is 9.97 Å². The lowest BCUT2D eigenvalue weighted by molar-refractivity contribution is 0.278. The van der Waals surface area contributed by atoms with Crippen molar-refractivity contribution in [1.29, 1.82) is 0 Å². The molecule has 3 aromatic rings. The fraction of sp³-hybridized carbons (Fsp3) is 0.294. The highest BCUT2D eigenvalue weighted by Crippen LogP contribution is 2.25. The quantitative estimate of drug-likeness (QED) is 0.803. The molecule has 108 valence electrons. The number of fused-ring (bicyclic) bond motifs is 1. The first-order chi connectivity index (χ1) is 10.1. The Kier molecular flexibility index (Phi) is 3.47. The van der Waals surface area contributed by atoms with Gasteiger partial charge in [0.25, 0.3) is 0 Å². The van der Waals surface area contributed by atoms with Crippen LogP contribution in [0.3, 0.4) is 0 Å². The summed E-state index contributed by atoms with van der Waals surface area (Å²) in [6.45, 7) is 6.77. The molecule has 0 fully saturated rings. The van der Waals surface area contributed by atoms with Gasteiger partial charge in [-0.2, -0.15) is 0 Å². The fourth-order valence-corrected chi connectivity index (χ4v) is 2.52. The average Bonchev–Trinajstić information content (AvgIpc) is 2.80. The van der Waals surface area contributed by atoms with Crippen molar-refractivity contribution in [2.75, 3.05) is 6.61 Å². The third-order valence-electron chi connectivity index (χ3n) is 3.81. The zero-order valence-electron chi connectivity index (χ0n) is 12.6. The second kappa shape index (κ2) is 5.30. The third-order valence-corrected chi connectivity index (χ3v) is 3.81. The Morgan fingerprint density at radius 3 is 2.62 bits per heavy atom. The Bertz CT molecular complexity index is 805. The molecule has 21 heavy (non-hydrogen) atoms. The maximum Gasteiger partial charge on any atom is 0.160 e. The van der Waals surface area contributed by atoms with Gasteiger partial charge in [0.2, 0.25) is 0 Å². The van der Waals surface area contributed by atoms with Gasteiger partial charge in [-0.15, -0.1) is 0 Å². The highest BCUT2D eigenvalue weighted by atomic mass is 16.3. The maximum atomic E-state index is 9.35. The molecule has 0 unspecified atom stereocenters. The topological polar surface area (TPSA) is 50.9 Å². The molecule has 0 radical (unpaired) electrons. The van der Waals surface area contributed by atoms with Crippen molar-refractivity contribution in [3.63, 3.8) is 0 Å². The van der Waals surface area contributed by atoms with Crippen LogP contribution in [-0.2, 0) is 6.54 Å². The van der Waals surface area contributed by atoms with Crippen molar-refractivity contribution in [3.05, 3.63) is 47.2 Å². The van der Waals surface area contributed by atoms with Crippen LogP contribution < -0.4 is 0 Å². The number of aliphatic hydroxyl groups is 1. The van der Waals surface area contributed by atoms with Gasteiger partial charge in [-0.1, -0.05) is 12.1 Å². The van der Waals surface area contributed by atoms with Crippen LogP contribution in [0.2, 0.25) is 0 Å². The van der Waals surface area contributed by atoms with Gasteiger partial charge in [-0.3, -0.25) is 0 Å². The Morgan fingerprint density at radius 1 is 1.10 bits per heavy atom. The van der Waals surface area contributed by atoms with Crippen LogP contribution in [0.1, 0.15) is 16.7 Å². The predicted molar refractivity (Wildman–Crippen MR) is 84.3 cm³/mol. The average molecular weight is 281 g/mol.